The number of rotatable bonds is 3. The molecule has 0 amide bonds. The molecule has 3 nitrogen and oxygen atoms in total. The van der Waals surface area contributed by atoms with Crippen molar-refractivity contribution in [3.8, 4) is 5.75 Å². The van der Waals surface area contributed by atoms with Crippen LogP contribution in [0, 0.1) is 12.7 Å². The van der Waals surface area contributed by atoms with Gasteiger partial charge in [-0.1, -0.05) is 11.6 Å². The maximum absolute atomic E-state index is 13.1. The molecular weight excluding hydrogens is 255 g/mol. The molecule has 0 aliphatic rings. The van der Waals surface area contributed by atoms with Crippen LogP contribution in [-0.2, 0) is 6.54 Å². The van der Waals surface area contributed by atoms with Crippen LogP contribution in [-0.4, -0.2) is 10.1 Å². The molecule has 0 aliphatic carbocycles. The van der Waals surface area contributed by atoms with Crippen LogP contribution in [0.25, 0.3) is 0 Å². The van der Waals surface area contributed by atoms with Gasteiger partial charge in [-0.05, 0) is 36.2 Å². The van der Waals surface area contributed by atoms with E-state index in [1.54, 1.807) is 12.3 Å². The molecule has 5 heteroatoms. The van der Waals surface area contributed by atoms with E-state index in [-0.39, 0.29) is 5.75 Å². The topological polar surface area (TPSA) is 45.2 Å². The average molecular weight is 267 g/mol. The first-order valence-corrected chi connectivity index (χ1v) is 5.77. The van der Waals surface area contributed by atoms with Crippen LogP contribution in [0.15, 0.2) is 30.5 Å². The van der Waals surface area contributed by atoms with Crippen molar-refractivity contribution in [1.82, 2.24) is 4.98 Å². The second-order valence-corrected chi connectivity index (χ2v) is 4.38. The van der Waals surface area contributed by atoms with Crippen molar-refractivity contribution in [3.63, 3.8) is 0 Å². The first kappa shape index (κ1) is 12.6. The van der Waals surface area contributed by atoms with E-state index in [1.807, 2.05) is 6.92 Å². The molecule has 94 valence electrons. The van der Waals surface area contributed by atoms with Crippen LogP contribution in [0.5, 0.6) is 5.75 Å². The Balaban J connectivity index is 2.11. The first-order valence-electron chi connectivity index (χ1n) is 5.39. The van der Waals surface area contributed by atoms with Crippen molar-refractivity contribution in [3.05, 3.63) is 52.6 Å². The molecule has 2 N–H and O–H groups in total. The number of aryl methyl sites for hydroxylation is 1. The molecule has 0 bridgehead atoms. The van der Waals surface area contributed by atoms with Gasteiger partial charge in [0, 0.05) is 12.6 Å². The number of hydrogen-bond donors (Lipinski definition) is 2. The summed E-state index contributed by atoms with van der Waals surface area (Å²) in [5.74, 6) is -0.546. The van der Waals surface area contributed by atoms with Crippen LogP contribution < -0.4 is 5.32 Å². The van der Waals surface area contributed by atoms with Crippen LogP contribution in [0.3, 0.4) is 0 Å². The van der Waals surface area contributed by atoms with Gasteiger partial charge in [-0.3, -0.25) is 0 Å². The molecular formula is C13H12ClFN2O. The fourth-order valence-electron chi connectivity index (χ4n) is 1.64. The van der Waals surface area contributed by atoms with Crippen LogP contribution in [0.4, 0.5) is 10.1 Å². The Morgan fingerprint density at radius 1 is 1.33 bits per heavy atom. The number of anilines is 1. The number of nitrogens with zero attached hydrogens (tertiary/aromatic N) is 1. The minimum absolute atomic E-state index is 0.0854. The number of nitrogens with one attached hydrogen (secondary N) is 1. The van der Waals surface area contributed by atoms with Gasteiger partial charge in [0.25, 0.3) is 0 Å². The number of phenolic OH excluding ortho intramolecular Hbond substituents is 1. The highest BCUT2D eigenvalue weighted by Gasteiger charge is 2.02. The van der Waals surface area contributed by atoms with Crippen molar-refractivity contribution in [2.45, 2.75) is 13.5 Å². The lowest BCUT2D eigenvalue weighted by atomic mass is 10.2. The molecule has 0 radical (unpaired) electrons. The smallest absolute Gasteiger partial charge is 0.129 e. The van der Waals surface area contributed by atoms with Crippen LogP contribution >= 0.6 is 11.6 Å². The Bertz CT molecular complexity index is 555. The van der Waals surface area contributed by atoms with Crippen molar-refractivity contribution < 1.29 is 9.50 Å². The monoisotopic (exact) mass is 266 g/mol. The van der Waals surface area contributed by atoms with E-state index in [0.717, 1.165) is 17.3 Å². The number of halogens is 2. The molecule has 1 heterocycles. The Morgan fingerprint density at radius 2 is 2.11 bits per heavy atom. The van der Waals surface area contributed by atoms with Crippen molar-refractivity contribution in [1.29, 1.82) is 0 Å². The number of aromatic hydroxyl groups is 1. The lowest BCUT2D eigenvalue weighted by Crippen LogP contribution is -2.02. The van der Waals surface area contributed by atoms with Gasteiger partial charge in [0.05, 0.1) is 11.9 Å². The maximum atomic E-state index is 13.1. The highest BCUT2D eigenvalue weighted by Crippen LogP contribution is 2.19. The molecule has 2 aromatic rings. The predicted octanol–water partition coefficient (Wildman–Crippen LogP) is 3.50. The van der Waals surface area contributed by atoms with Gasteiger partial charge < -0.3 is 10.4 Å². The van der Waals surface area contributed by atoms with E-state index in [1.165, 1.54) is 12.1 Å². The molecule has 2 rings (SSSR count). The van der Waals surface area contributed by atoms with Gasteiger partial charge in [-0.2, -0.15) is 0 Å². The number of pyridine rings is 1. The van der Waals surface area contributed by atoms with E-state index < -0.39 is 5.82 Å². The molecule has 1 aromatic heterocycles. The summed E-state index contributed by atoms with van der Waals surface area (Å²) in [5, 5.41) is 12.8. The Hall–Kier alpha value is -1.81. The molecule has 0 atom stereocenters. The number of benzene rings is 1. The summed E-state index contributed by atoms with van der Waals surface area (Å²) in [6, 6.07) is 5.69. The van der Waals surface area contributed by atoms with Gasteiger partial charge in [-0.15, -0.1) is 0 Å². The predicted molar refractivity (Wildman–Crippen MR) is 69.4 cm³/mol. The normalized spacial score (nSPS) is 10.4. The minimum Gasteiger partial charge on any atom is -0.508 e. The highest BCUT2D eigenvalue weighted by molar-refractivity contribution is 6.29. The van der Waals surface area contributed by atoms with Gasteiger partial charge in [-0.25, -0.2) is 9.37 Å². The second-order valence-electron chi connectivity index (χ2n) is 3.99. The van der Waals surface area contributed by atoms with Gasteiger partial charge in [0.1, 0.15) is 16.7 Å². The zero-order valence-corrected chi connectivity index (χ0v) is 10.5. The van der Waals surface area contributed by atoms with Crippen LogP contribution in [0.2, 0.25) is 5.15 Å². The van der Waals surface area contributed by atoms with Crippen LogP contribution in [0.1, 0.15) is 11.1 Å². The molecule has 18 heavy (non-hydrogen) atoms. The van der Waals surface area contributed by atoms with Crippen molar-refractivity contribution >= 4 is 17.3 Å². The maximum Gasteiger partial charge on any atom is 0.129 e. The fourth-order valence-corrected chi connectivity index (χ4v) is 1.85. The average Bonchev–Trinajstić information content (AvgIpc) is 2.26. The van der Waals surface area contributed by atoms with Gasteiger partial charge in [0.2, 0.25) is 0 Å². The van der Waals surface area contributed by atoms with E-state index in [2.05, 4.69) is 10.3 Å². The summed E-state index contributed by atoms with van der Waals surface area (Å²) in [6.45, 7) is 2.30. The molecule has 0 saturated heterocycles. The molecule has 1 aromatic carbocycles. The number of aromatic nitrogens is 1. The molecule has 0 spiro atoms. The van der Waals surface area contributed by atoms with Gasteiger partial charge in [0.15, 0.2) is 0 Å². The molecule has 0 unspecified atom stereocenters. The van der Waals surface area contributed by atoms with E-state index >= 15 is 0 Å². The third kappa shape index (κ3) is 3.11. The highest BCUT2D eigenvalue weighted by atomic mass is 35.5. The minimum atomic E-state index is -0.460. The molecule has 0 aliphatic heterocycles. The lowest BCUT2D eigenvalue weighted by molar-refractivity contribution is 0.468. The van der Waals surface area contributed by atoms with E-state index in [9.17, 15) is 9.50 Å². The number of hydrogen-bond acceptors (Lipinski definition) is 3. The summed E-state index contributed by atoms with van der Waals surface area (Å²) in [6.07, 6.45) is 1.62. The zero-order valence-electron chi connectivity index (χ0n) is 9.74. The fraction of sp³-hybridized carbons (Fsp3) is 0.154. The standard InChI is InChI=1S/C13H12ClFN2O/c1-8-2-13(14)17-7-12(8)16-6-9-3-10(15)5-11(18)4-9/h2-5,7,16,18H,6H2,1H3. The summed E-state index contributed by atoms with van der Waals surface area (Å²) >= 11 is 5.75. The second kappa shape index (κ2) is 5.23. The Labute approximate surface area is 109 Å². The summed E-state index contributed by atoms with van der Waals surface area (Å²) in [4.78, 5) is 3.97. The zero-order chi connectivity index (χ0) is 13.1. The van der Waals surface area contributed by atoms with Gasteiger partial charge >= 0.3 is 0 Å². The summed E-state index contributed by atoms with van der Waals surface area (Å²) < 4.78 is 13.1. The Morgan fingerprint density at radius 3 is 2.78 bits per heavy atom. The lowest BCUT2D eigenvalue weighted by Gasteiger charge is -2.09. The largest absolute Gasteiger partial charge is 0.508 e. The SMILES string of the molecule is Cc1cc(Cl)ncc1NCc1cc(O)cc(F)c1. The summed E-state index contributed by atoms with van der Waals surface area (Å²) in [5.41, 5.74) is 2.43. The van der Waals surface area contributed by atoms with E-state index in [0.29, 0.717) is 17.3 Å². The first-order chi connectivity index (χ1) is 8.54. The van der Waals surface area contributed by atoms with Crippen molar-refractivity contribution in [2.24, 2.45) is 0 Å². The quantitative estimate of drug-likeness (QED) is 0.836. The molecule has 0 fully saturated rings. The molecule has 0 saturated carbocycles. The number of phenols is 1. The summed E-state index contributed by atoms with van der Waals surface area (Å²) in [7, 11) is 0. The third-order valence-corrected chi connectivity index (χ3v) is 2.71. The third-order valence-electron chi connectivity index (χ3n) is 2.50. The van der Waals surface area contributed by atoms with E-state index in [4.69, 9.17) is 11.6 Å². The van der Waals surface area contributed by atoms with Crippen molar-refractivity contribution in [2.75, 3.05) is 5.32 Å². The Kier molecular flexibility index (Phi) is 3.67.